The highest BCUT2D eigenvalue weighted by molar-refractivity contribution is 5.92. The largest absolute Gasteiger partial charge is 0.481 e. The fourth-order valence-electron chi connectivity index (χ4n) is 0.908. The molecule has 0 saturated carbocycles. The maximum absolute atomic E-state index is 10.5. The van der Waals surface area contributed by atoms with Crippen LogP contribution in [-0.4, -0.2) is 47.3 Å². The third kappa shape index (κ3) is 11.9. The number of cyclic esters (lactones) is 2. The molecule has 2 N–H and O–H groups in total. The molecule has 1 aliphatic heterocycles. The zero-order valence-electron chi connectivity index (χ0n) is 10.0. The topological polar surface area (TPSA) is 127 Å². The molecule has 19 heavy (non-hydrogen) atoms. The van der Waals surface area contributed by atoms with E-state index in [9.17, 15) is 19.2 Å². The fraction of sp³-hybridized carbons (Fsp3) is 0.455. The molecule has 8 nitrogen and oxygen atoms in total. The molecule has 0 saturated heterocycles. The van der Waals surface area contributed by atoms with E-state index in [1.54, 1.807) is 0 Å². The summed E-state index contributed by atoms with van der Waals surface area (Å²) in [5, 5.41) is 16.1. The van der Waals surface area contributed by atoms with Gasteiger partial charge in [0.2, 0.25) is 0 Å². The second kappa shape index (κ2) is 9.63. The first-order valence-electron chi connectivity index (χ1n) is 5.37. The van der Waals surface area contributed by atoms with E-state index in [0.717, 1.165) is 12.2 Å². The molecular weight excluding hydrogens is 260 g/mol. The van der Waals surface area contributed by atoms with Crippen LogP contribution in [0.3, 0.4) is 0 Å². The molecule has 0 atom stereocenters. The van der Waals surface area contributed by atoms with Crippen molar-refractivity contribution in [2.45, 2.75) is 19.3 Å². The van der Waals surface area contributed by atoms with E-state index in [1.165, 1.54) is 0 Å². The van der Waals surface area contributed by atoms with Gasteiger partial charge in [-0.1, -0.05) is 0 Å². The second-order valence-corrected chi connectivity index (χ2v) is 3.31. The van der Waals surface area contributed by atoms with Crippen molar-refractivity contribution in [1.29, 1.82) is 0 Å². The molecule has 0 amide bonds. The van der Waals surface area contributed by atoms with Crippen LogP contribution in [0, 0.1) is 0 Å². The highest BCUT2D eigenvalue weighted by Crippen LogP contribution is 1.93. The Morgan fingerprint density at radius 2 is 1.32 bits per heavy atom. The molecule has 0 aromatic heterocycles. The lowest BCUT2D eigenvalue weighted by Crippen LogP contribution is -2.14. The van der Waals surface area contributed by atoms with Gasteiger partial charge in [-0.2, -0.15) is 0 Å². The molecule has 0 spiro atoms. The van der Waals surface area contributed by atoms with Crippen LogP contribution >= 0.6 is 0 Å². The average Bonchev–Trinajstić information content (AvgIpc) is 2.30. The Hall–Kier alpha value is -2.38. The first kappa shape index (κ1) is 16.6. The highest BCUT2D eigenvalue weighted by atomic mass is 16.6. The molecule has 8 heteroatoms. The summed E-state index contributed by atoms with van der Waals surface area (Å²) in [5.74, 6) is -2.90. The molecule has 0 aromatic rings. The summed E-state index contributed by atoms with van der Waals surface area (Å²) < 4.78 is 9.06. The van der Waals surface area contributed by atoms with E-state index in [4.69, 9.17) is 10.2 Å². The van der Waals surface area contributed by atoms with E-state index in [0.29, 0.717) is 0 Å². The van der Waals surface area contributed by atoms with Gasteiger partial charge >= 0.3 is 23.9 Å². The Bertz CT molecular complexity index is 337. The number of hydrogen-bond acceptors (Lipinski definition) is 6. The van der Waals surface area contributed by atoms with Crippen LogP contribution in [0.2, 0.25) is 0 Å². The second-order valence-electron chi connectivity index (χ2n) is 3.31. The van der Waals surface area contributed by atoms with Crippen molar-refractivity contribution >= 4 is 23.9 Å². The summed E-state index contributed by atoms with van der Waals surface area (Å²) in [6.07, 6.45) is 2.17. The number of ether oxygens (including phenoxy) is 2. The monoisotopic (exact) mass is 274 g/mol. The first-order valence-corrected chi connectivity index (χ1v) is 5.37. The molecule has 0 bridgehead atoms. The number of rotatable bonds is 4. The number of esters is 2. The number of carboxylic acids is 2. The predicted octanol–water partition coefficient (Wildman–Crippen LogP) is -0.0315. The molecule has 0 aliphatic carbocycles. The van der Waals surface area contributed by atoms with E-state index in [-0.39, 0.29) is 32.5 Å². The summed E-state index contributed by atoms with van der Waals surface area (Å²) in [5.41, 5.74) is 0. The van der Waals surface area contributed by atoms with Crippen molar-refractivity contribution in [1.82, 2.24) is 0 Å². The molecule has 1 rings (SSSR count). The van der Waals surface area contributed by atoms with Gasteiger partial charge in [0.25, 0.3) is 0 Å². The lowest BCUT2D eigenvalue weighted by molar-refractivity contribution is -0.148. The first-order chi connectivity index (χ1) is 8.91. The van der Waals surface area contributed by atoms with Crippen LogP contribution in [0.15, 0.2) is 12.2 Å². The fourth-order valence-corrected chi connectivity index (χ4v) is 0.908. The summed E-state index contributed by atoms with van der Waals surface area (Å²) in [7, 11) is 0. The summed E-state index contributed by atoms with van der Waals surface area (Å²) in [6, 6.07) is 0. The van der Waals surface area contributed by atoms with Crippen LogP contribution < -0.4 is 0 Å². The molecular formula is C11H14O8. The van der Waals surface area contributed by atoms with Crippen LogP contribution in [0.25, 0.3) is 0 Å². The van der Waals surface area contributed by atoms with Gasteiger partial charge in [-0.05, 0) is 6.42 Å². The Balaban J connectivity index is 0.000000344. The molecule has 0 aromatic carbocycles. The number of carbonyl (C=O) groups excluding carboxylic acids is 2. The van der Waals surface area contributed by atoms with Gasteiger partial charge in [-0.15, -0.1) is 0 Å². The SMILES string of the molecule is O=C(O)CCCC(=O)O.O=C1/C=C\C(=O)OCCO1. The smallest absolute Gasteiger partial charge is 0.331 e. The van der Waals surface area contributed by atoms with Crippen molar-refractivity contribution in [2.24, 2.45) is 0 Å². The van der Waals surface area contributed by atoms with Crippen molar-refractivity contribution < 1.29 is 38.9 Å². The van der Waals surface area contributed by atoms with Gasteiger partial charge in [0.15, 0.2) is 0 Å². The molecule has 0 radical (unpaired) electrons. The summed E-state index contributed by atoms with van der Waals surface area (Å²) in [6.45, 7) is 0.268. The van der Waals surface area contributed by atoms with Crippen molar-refractivity contribution in [2.75, 3.05) is 13.2 Å². The summed E-state index contributed by atoms with van der Waals surface area (Å²) in [4.78, 5) is 40.5. The van der Waals surface area contributed by atoms with Crippen LogP contribution in [0.5, 0.6) is 0 Å². The number of carboxylic acid groups (broad SMARTS) is 2. The zero-order valence-corrected chi connectivity index (χ0v) is 10.0. The highest BCUT2D eigenvalue weighted by Gasteiger charge is 2.04. The minimum absolute atomic E-state index is 0.0632. The molecule has 1 heterocycles. The maximum Gasteiger partial charge on any atom is 0.331 e. The summed E-state index contributed by atoms with van der Waals surface area (Å²) >= 11 is 0. The lowest BCUT2D eigenvalue weighted by atomic mass is 10.2. The van der Waals surface area contributed by atoms with Gasteiger partial charge in [0.1, 0.15) is 13.2 Å². The van der Waals surface area contributed by atoms with Crippen LogP contribution in [0.4, 0.5) is 0 Å². The van der Waals surface area contributed by atoms with Crippen LogP contribution in [0.1, 0.15) is 19.3 Å². The predicted molar refractivity (Wildman–Crippen MR) is 60.2 cm³/mol. The Morgan fingerprint density at radius 1 is 0.947 bits per heavy atom. The van der Waals surface area contributed by atoms with Crippen molar-refractivity contribution in [3.8, 4) is 0 Å². The van der Waals surface area contributed by atoms with Crippen molar-refractivity contribution in [3.63, 3.8) is 0 Å². The molecule has 0 fully saturated rings. The normalized spacial score (nSPS) is 15.8. The van der Waals surface area contributed by atoms with Gasteiger partial charge < -0.3 is 19.7 Å². The van der Waals surface area contributed by atoms with Gasteiger partial charge in [-0.25, -0.2) is 9.59 Å². The van der Waals surface area contributed by atoms with E-state index < -0.39 is 23.9 Å². The quantitative estimate of drug-likeness (QED) is 0.684. The lowest BCUT2D eigenvalue weighted by Gasteiger charge is -2.04. The minimum Gasteiger partial charge on any atom is -0.481 e. The minimum atomic E-state index is -0.948. The van der Waals surface area contributed by atoms with Gasteiger partial charge in [0, 0.05) is 25.0 Å². The molecule has 106 valence electrons. The Kier molecular flexibility index (Phi) is 8.42. The van der Waals surface area contributed by atoms with Crippen molar-refractivity contribution in [3.05, 3.63) is 12.2 Å². The van der Waals surface area contributed by atoms with E-state index in [1.807, 2.05) is 0 Å². The van der Waals surface area contributed by atoms with Crippen LogP contribution in [-0.2, 0) is 28.7 Å². The molecule has 1 aliphatic rings. The Morgan fingerprint density at radius 3 is 1.63 bits per heavy atom. The zero-order chi connectivity index (χ0) is 14.7. The third-order valence-electron chi connectivity index (χ3n) is 1.71. The van der Waals surface area contributed by atoms with Gasteiger partial charge in [-0.3, -0.25) is 9.59 Å². The average molecular weight is 274 g/mol. The third-order valence-corrected chi connectivity index (χ3v) is 1.71. The Labute approximate surface area is 108 Å². The number of hydrogen-bond donors (Lipinski definition) is 2. The molecule has 0 unspecified atom stereocenters. The standard InChI is InChI=1S/C6H6O4.C5H8O4/c7-5-1-2-6(8)10-4-3-9-5;6-4(7)2-1-3-5(8)9/h1-2H,3-4H2;1-3H2,(H,6,7)(H,8,9)/b2-1-;. The van der Waals surface area contributed by atoms with E-state index >= 15 is 0 Å². The number of aliphatic carboxylic acids is 2. The number of carbonyl (C=O) groups is 4. The maximum atomic E-state index is 10.5. The van der Waals surface area contributed by atoms with Gasteiger partial charge in [0.05, 0.1) is 0 Å². The van der Waals surface area contributed by atoms with E-state index in [2.05, 4.69) is 9.47 Å².